The van der Waals surface area contributed by atoms with Gasteiger partial charge in [0.05, 0.1) is 11.3 Å². The van der Waals surface area contributed by atoms with Crippen LogP contribution >= 0.6 is 15.9 Å². The predicted molar refractivity (Wildman–Crippen MR) is 65.6 cm³/mol. The monoisotopic (exact) mass is 281 g/mol. The molecule has 16 heavy (non-hydrogen) atoms. The Hall–Kier alpha value is -1.07. The maximum Gasteiger partial charge on any atom is 0.255 e. The summed E-state index contributed by atoms with van der Waals surface area (Å²) >= 11 is 3.45. The minimum absolute atomic E-state index is 0.0208. The van der Waals surface area contributed by atoms with Crippen LogP contribution in [-0.2, 0) is 0 Å². The van der Waals surface area contributed by atoms with E-state index < -0.39 is 0 Å². The number of hydrogen-bond acceptors (Lipinski definition) is 3. The van der Waals surface area contributed by atoms with Crippen molar-refractivity contribution >= 4 is 27.5 Å². The molecule has 2 N–H and O–H groups in total. The summed E-state index contributed by atoms with van der Waals surface area (Å²) in [5.41, 5.74) is 1.80. The average molecular weight is 282 g/mol. The Labute approximate surface area is 102 Å². The second kappa shape index (κ2) is 3.75. The normalized spacial score (nSPS) is 23.4. The quantitative estimate of drug-likeness (QED) is 0.744. The van der Waals surface area contributed by atoms with Gasteiger partial charge in [-0.3, -0.25) is 4.79 Å². The molecule has 1 aromatic rings. The molecule has 0 spiro atoms. The number of anilines is 1. The maximum absolute atomic E-state index is 11.9. The van der Waals surface area contributed by atoms with E-state index in [4.69, 9.17) is 0 Å². The summed E-state index contributed by atoms with van der Waals surface area (Å²) in [5, 5.41) is 6.28. The fourth-order valence-electron chi connectivity index (χ4n) is 2.29. The maximum atomic E-state index is 11.9. The lowest BCUT2D eigenvalue weighted by Gasteiger charge is -2.42. The molecule has 0 aliphatic carbocycles. The van der Waals surface area contributed by atoms with Crippen molar-refractivity contribution in [2.24, 2.45) is 0 Å². The lowest BCUT2D eigenvalue weighted by atomic mass is 10.1. The van der Waals surface area contributed by atoms with Gasteiger partial charge in [0.15, 0.2) is 0 Å². The number of nitrogens with one attached hydrogen (secondary N) is 2. The zero-order chi connectivity index (χ0) is 11.1. The number of hydrogen-bond donors (Lipinski definition) is 2. The standard InChI is InChI=1S/C11H12BrN3O/c12-7-1-2-8-9(5-7)15-4-3-13-6-10(15)14-11(8)16/h1-2,5,10,13H,3-4,6H2,(H,14,16)/t10-/m1/s1. The first-order chi connectivity index (χ1) is 7.75. The number of nitrogens with zero attached hydrogens (tertiary/aromatic N) is 1. The smallest absolute Gasteiger partial charge is 0.255 e. The van der Waals surface area contributed by atoms with Crippen LogP contribution in [0.25, 0.3) is 0 Å². The first-order valence-electron chi connectivity index (χ1n) is 5.33. The van der Waals surface area contributed by atoms with Crippen LogP contribution in [0.5, 0.6) is 0 Å². The van der Waals surface area contributed by atoms with Gasteiger partial charge in [0.2, 0.25) is 0 Å². The summed E-state index contributed by atoms with van der Waals surface area (Å²) in [5.74, 6) is 0.0208. The number of halogens is 1. The third-order valence-electron chi connectivity index (χ3n) is 3.05. The first kappa shape index (κ1) is 10.1. The molecule has 0 radical (unpaired) electrons. The molecule has 1 aromatic carbocycles. The summed E-state index contributed by atoms with van der Waals surface area (Å²) < 4.78 is 1.01. The van der Waals surface area contributed by atoms with E-state index in [0.717, 1.165) is 35.4 Å². The van der Waals surface area contributed by atoms with Crippen molar-refractivity contribution < 1.29 is 4.79 Å². The Kier molecular flexibility index (Phi) is 2.37. The zero-order valence-corrected chi connectivity index (χ0v) is 10.3. The van der Waals surface area contributed by atoms with Gasteiger partial charge >= 0.3 is 0 Å². The Morgan fingerprint density at radius 2 is 2.31 bits per heavy atom. The van der Waals surface area contributed by atoms with Crippen molar-refractivity contribution in [1.82, 2.24) is 10.6 Å². The van der Waals surface area contributed by atoms with Gasteiger partial charge < -0.3 is 15.5 Å². The van der Waals surface area contributed by atoms with Gasteiger partial charge in [-0.25, -0.2) is 0 Å². The second-order valence-electron chi connectivity index (χ2n) is 4.05. The van der Waals surface area contributed by atoms with Crippen LogP contribution in [0.1, 0.15) is 10.4 Å². The molecule has 0 aromatic heterocycles. The summed E-state index contributed by atoms with van der Waals surface area (Å²) in [4.78, 5) is 14.1. The van der Waals surface area contributed by atoms with E-state index in [9.17, 15) is 4.79 Å². The Bertz CT molecular complexity index is 449. The third-order valence-corrected chi connectivity index (χ3v) is 3.55. The summed E-state index contributed by atoms with van der Waals surface area (Å²) in [7, 11) is 0. The van der Waals surface area contributed by atoms with E-state index in [1.165, 1.54) is 0 Å². The number of carbonyl (C=O) groups is 1. The molecule has 0 unspecified atom stereocenters. The van der Waals surface area contributed by atoms with Crippen molar-refractivity contribution in [3.63, 3.8) is 0 Å². The molecule has 2 aliphatic rings. The van der Waals surface area contributed by atoms with Gasteiger partial charge in [0.25, 0.3) is 5.91 Å². The van der Waals surface area contributed by atoms with Crippen LogP contribution in [-0.4, -0.2) is 31.7 Å². The molecule has 0 saturated carbocycles. The van der Waals surface area contributed by atoms with Crippen molar-refractivity contribution in [1.29, 1.82) is 0 Å². The molecule has 84 valence electrons. The van der Waals surface area contributed by atoms with Gasteiger partial charge in [0, 0.05) is 24.1 Å². The first-order valence-corrected chi connectivity index (χ1v) is 6.13. The number of fused-ring (bicyclic) bond motifs is 3. The topological polar surface area (TPSA) is 44.4 Å². The molecule has 4 nitrogen and oxygen atoms in total. The Morgan fingerprint density at radius 3 is 3.19 bits per heavy atom. The van der Waals surface area contributed by atoms with E-state index in [1.54, 1.807) is 0 Å². The highest BCUT2D eigenvalue weighted by Gasteiger charge is 2.32. The molecular weight excluding hydrogens is 270 g/mol. The van der Waals surface area contributed by atoms with Crippen molar-refractivity contribution in [3.05, 3.63) is 28.2 Å². The second-order valence-corrected chi connectivity index (χ2v) is 4.96. The Morgan fingerprint density at radius 1 is 1.44 bits per heavy atom. The number of carbonyl (C=O) groups excluding carboxylic acids is 1. The third kappa shape index (κ3) is 1.51. The zero-order valence-electron chi connectivity index (χ0n) is 8.66. The highest BCUT2D eigenvalue weighted by atomic mass is 79.9. The molecule has 2 heterocycles. The van der Waals surface area contributed by atoms with Crippen molar-refractivity contribution in [2.75, 3.05) is 24.5 Å². The molecular formula is C11H12BrN3O. The molecule has 0 bridgehead atoms. The van der Waals surface area contributed by atoms with Crippen LogP contribution in [0.2, 0.25) is 0 Å². The lowest BCUT2D eigenvalue weighted by molar-refractivity contribution is 0.0923. The van der Waals surface area contributed by atoms with Crippen LogP contribution in [0.3, 0.4) is 0 Å². The molecule has 2 aliphatic heterocycles. The number of piperazine rings is 1. The van der Waals surface area contributed by atoms with Crippen LogP contribution < -0.4 is 15.5 Å². The predicted octanol–water partition coefficient (Wildman–Crippen LogP) is 0.928. The van der Waals surface area contributed by atoms with Crippen molar-refractivity contribution in [2.45, 2.75) is 6.17 Å². The fraction of sp³-hybridized carbons (Fsp3) is 0.364. The fourth-order valence-corrected chi connectivity index (χ4v) is 2.63. The number of rotatable bonds is 0. The Balaban J connectivity index is 2.09. The summed E-state index contributed by atoms with van der Waals surface area (Å²) in [6.45, 7) is 2.68. The van der Waals surface area contributed by atoms with Crippen LogP contribution in [0, 0.1) is 0 Å². The molecule has 1 amide bonds. The van der Waals surface area contributed by atoms with Gasteiger partial charge in [-0.15, -0.1) is 0 Å². The van der Waals surface area contributed by atoms with E-state index in [0.29, 0.717) is 0 Å². The molecule has 1 saturated heterocycles. The van der Waals surface area contributed by atoms with E-state index in [1.807, 2.05) is 18.2 Å². The molecule has 3 rings (SSSR count). The molecule has 5 heteroatoms. The minimum atomic E-state index is 0.0208. The SMILES string of the molecule is O=C1N[C@H]2CNCCN2c2cc(Br)ccc21. The lowest BCUT2D eigenvalue weighted by Crippen LogP contribution is -2.62. The van der Waals surface area contributed by atoms with Gasteiger partial charge in [-0.05, 0) is 18.2 Å². The van der Waals surface area contributed by atoms with Gasteiger partial charge in [-0.1, -0.05) is 15.9 Å². The molecule has 1 fully saturated rings. The van der Waals surface area contributed by atoms with Crippen LogP contribution in [0.4, 0.5) is 5.69 Å². The summed E-state index contributed by atoms with van der Waals surface area (Å²) in [6.07, 6.45) is 0.0862. The van der Waals surface area contributed by atoms with E-state index in [-0.39, 0.29) is 12.1 Å². The van der Waals surface area contributed by atoms with E-state index in [2.05, 4.69) is 31.5 Å². The molecule has 1 atom stereocenters. The highest BCUT2D eigenvalue weighted by molar-refractivity contribution is 9.10. The van der Waals surface area contributed by atoms with Gasteiger partial charge in [-0.2, -0.15) is 0 Å². The number of amides is 1. The average Bonchev–Trinajstić information content (AvgIpc) is 2.29. The minimum Gasteiger partial charge on any atom is -0.348 e. The number of benzene rings is 1. The van der Waals surface area contributed by atoms with Crippen LogP contribution in [0.15, 0.2) is 22.7 Å². The van der Waals surface area contributed by atoms with Crippen molar-refractivity contribution in [3.8, 4) is 0 Å². The van der Waals surface area contributed by atoms with Gasteiger partial charge in [0.1, 0.15) is 6.17 Å². The summed E-state index contributed by atoms with van der Waals surface area (Å²) in [6, 6.07) is 5.79. The largest absolute Gasteiger partial charge is 0.348 e. The highest BCUT2D eigenvalue weighted by Crippen LogP contribution is 2.29. The van der Waals surface area contributed by atoms with E-state index >= 15 is 0 Å².